The van der Waals surface area contributed by atoms with Gasteiger partial charge < -0.3 is 44.0 Å². The van der Waals surface area contributed by atoms with Crippen LogP contribution in [-0.2, 0) is 50.1 Å². The molecule has 12 rings (SSSR count). The number of rotatable bonds is 14. The van der Waals surface area contributed by atoms with E-state index >= 15 is 0 Å². The second kappa shape index (κ2) is 29.8. The number of hydrogen-bond acceptors (Lipinski definition) is 15. The lowest BCUT2D eigenvalue weighted by Crippen LogP contribution is -2.52. The molecule has 6 fully saturated rings. The van der Waals surface area contributed by atoms with Crippen molar-refractivity contribution in [3.05, 3.63) is 118 Å². The van der Waals surface area contributed by atoms with Gasteiger partial charge in [-0.15, -0.1) is 12.4 Å². The molecular weight excluding hydrogens is 1140 g/mol. The first-order valence-corrected chi connectivity index (χ1v) is 30.8. The average molecular weight is 1230 g/mol. The molecule has 8 aliphatic heterocycles. The first-order chi connectivity index (χ1) is 41.1. The number of halogens is 1. The van der Waals surface area contributed by atoms with Crippen molar-refractivity contribution >= 4 is 65.3 Å². The number of nitrogens with zero attached hydrogens (tertiary/aromatic N) is 7. The SMILES string of the molecule is C.C.CC(C)(C)OC(=O)N1CCN(c2ccccc2CN2CCCC[C@@H]2COc2ccc3c(c2)CN(C2CCC(=O)NC2=O)C3=O)CC1.Cl.O=C1CCC(N2Cc3cc(OC[C@H]4CCCCN4Cc4ccccc4N4CCNCC4)ccc3C2=O)C(=O)N1. The molecule has 4 aromatic rings. The van der Waals surface area contributed by atoms with Gasteiger partial charge in [-0.1, -0.05) is 64.1 Å². The molecule has 8 heterocycles. The summed E-state index contributed by atoms with van der Waals surface area (Å²) in [5, 5.41) is 8.16. The number of carbonyl (C=O) groups is 7. The summed E-state index contributed by atoms with van der Waals surface area (Å²) in [6.45, 7) is 18.1. The van der Waals surface area contributed by atoms with Crippen molar-refractivity contribution < 1.29 is 47.8 Å². The van der Waals surface area contributed by atoms with Crippen molar-refractivity contribution in [3.63, 3.8) is 0 Å². The van der Waals surface area contributed by atoms with Crippen molar-refractivity contribution in [3.8, 4) is 11.5 Å². The van der Waals surface area contributed by atoms with Gasteiger partial charge in [0.25, 0.3) is 11.8 Å². The van der Waals surface area contributed by atoms with Gasteiger partial charge in [-0.05, 0) is 143 Å². The Morgan fingerprint density at radius 1 is 0.545 bits per heavy atom. The predicted molar refractivity (Wildman–Crippen MR) is 341 cm³/mol. The van der Waals surface area contributed by atoms with E-state index in [0.717, 1.165) is 108 Å². The molecule has 0 aromatic heterocycles. The van der Waals surface area contributed by atoms with E-state index < -0.39 is 23.6 Å². The molecule has 4 aromatic carbocycles. The number of piperazine rings is 2. The lowest BCUT2D eigenvalue weighted by Gasteiger charge is -2.39. The Morgan fingerprint density at radius 3 is 1.43 bits per heavy atom. The van der Waals surface area contributed by atoms with Gasteiger partial charge in [0.2, 0.25) is 23.6 Å². The summed E-state index contributed by atoms with van der Waals surface area (Å²) < 4.78 is 18.3. The number of para-hydroxylation sites is 2. The predicted octanol–water partition coefficient (Wildman–Crippen LogP) is 7.92. The molecule has 2 unspecified atom stereocenters. The van der Waals surface area contributed by atoms with E-state index in [1.807, 2.05) is 45.0 Å². The number of fused-ring (bicyclic) bond motifs is 2. The molecule has 4 atom stereocenters. The van der Waals surface area contributed by atoms with Gasteiger partial charge in [0, 0.05) is 126 Å². The molecule has 476 valence electrons. The number of piperidine rings is 4. The number of ether oxygens (including phenoxy) is 3. The van der Waals surface area contributed by atoms with Gasteiger partial charge in [-0.2, -0.15) is 0 Å². The molecule has 0 spiro atoms. The van der Waals surface area contributed by atoms with Crippen LogP contribution in [0.2, 0.25) is 0 Å². The first kappa shape index (κ1) is 66.7. The van der Waals surface area contributed by atoms with Gasteiger partial charge >= 0.3 is 6.09 Å². The summed E-state index contributed by atoms with van der Waals surface area (Å²) >= 11 is 0. The molecule has 8 aliphatic rings. The zero-order valence-corrected chi connectivity index (χ0v) is 50.7. The zero-order valence-electron chi connectivity index (χ0n) is 49.9. The summed E-state index contributed by atoms with van der Waals surface area (Å²) in [5.41, 5.74) is 7.58. The van der Waals surface area contributed by atoms with Crippen LogP contribution >= 0.6 is 12.4 Å². The number of hydrogen-bond donors (Lipinski definition) is 3. The standard InChI is InChI=1S/C35H45N5O6.C30H37N5O4.2CH4.ClH/c1-35(2,3)46-34(44)38-18-16-37(17-19-38)29-10-5-4-8-24(29)21-39-15-7-6-9-26(39)23-45-27-11-12-28-25(20-27)22-40(33(28)43)30-13-14-31(41)36-32(30)42;36-28-11-10-27(29(37)32-28)35-19-22-17-24(8-9-25(22)30(35)38)39-20-23-6-3-4-14-34(23)18-21-5-1-2-7-26(21)33-15-12-31-13-16-33;;;/h4-5,8,10-12,20,26,30H,6-7,9,13-19,21-23H2,1-3H3,(H,36,41,42);1-2,5,7-9,17,23,27,31H,3-4,6,10-16,18-20H2,(H,32,36,37);2*1H4;1H/t26-,30?;23-,27?;;;/m11.../s1. The Bertz CT molecular complexity index is 3140. The molecule has 20 nitrogen and oxygen atoms in total. The lowest BCUT2D eigenvalue weighted by atomic mass is 10.0. The van der Waals surface area contributed by atoms with Crippen molar-refractivity contribution in [2.24, 2.45) is 0 Å². The maximum absolute atomic E-state index is 13.1. The Hall–Kier alpha value is -7.26. The number of amides is 7. The fraction of sp³-hybridized carbons (Fsp3) is 0.537. The number of likely N-dealkylation sites (tertiary alicyclic amines) is 2. The van der Waals surface area contributed by atoms with Crippen LogP contribution in [0.4, 0.5) is 16.2 Å². The number of anilines is 2. The molecule has 6 saturated heterocycles. The highest BCUT2D eigenvalue weighted by molar-refractivity contribution is 6.06. The topological polar surface area (TPSA) is 206 Å². The van der Waals surface area contributed by atoms with Crippen LogP contribution in [-0.4, -0.2) is 174 Å². The Kier molecular flexibility index (Phi) is 22.6. The summed E-state index contributed by atoms with van der Waals surface area (Å²) in [5.74, 6) is -0.244. The Morgan fingerprint density at radius 2 is 0.989 bits per heavy atom. The smallest absolute Gasteiger partial charge is 0.410 e. The van der Waals surface area contributed by atoms with Crippen LogP contribution < -0.4 is 35.2 Å². The number of carbonyl (C=O) groups excluding carboxylic acids is 7. The fourth-order valence-electron chi connectivity index (χ4n) is 13.3. The molecule has 3 N–H and O–H groups in total. The molecule has 0 saturated carbocycles. The quantitative estimate of drug-likeness (QED) is 0.103. The highest BCUT2D eigenvalue weighted by atomic mass is 35.5. The lowest BCUT2D eigenvalue weighted by molar-refractivity contribution is -0.138. The minimum atomic E-state index is -0.630. The highest BCUT2D eigenvalue weighted by Gasteiger charge is 2.41. The largest absolute Gasteiger partial charge is 0.492 e. The highest BCUT2D eigenvalue weighted by Crippen LogP contribution is 2.34. The van der Waals surface area contributed by atoms with Gasteiger partial charge in [0.05, 0.1) is 0 Å². The van der Waals surface area contributed by atoms with E-state index in [1.54, 1.807) is 26.8 Å². The van der Waals surface area contributed by atoms with Crippen molar-refractivity contribution in [2.75, 3.05) is 88.5 Å². The Labute approximate surface area is 525 Å². The molecule has 21 heteroatoms. The van der Waals surface area contributed by atoms with Crippen molar-refractivity contribution in [1.29, 1.82) is 0 Å². The first-order valence-electron chi connectivity index (χ1n) is 30.8. The summed E-state index contributed by atoms with van der Waals surface area (Å²) in [6.07, 6.45) is 7.78. The maximum Gasteiger partial charge on any atom is 0.410 e. The summed E-state index contributed by atoms with van der Waals surface area (Å²) in [6, 6.07) is 27.8. The molecule has 0 bridgehead atoms. The number of benzene rings is 4. The number of nitrogens with one attached hydrogen (secondary N) is 3. The van der Waals surface area contributed by atoms with Crippen LogP contribution in [0.5, 0.6) is 11.5 Å². The van der Waals surface area contributed by atoms with Gasteiger partial charge in [0.1, 0.15) is 42.4 Å². The second-order valence-electron chi connectivity index (χ2n) is 24.7. The van der Waals surface area contributed by atoms with Gasteiger partial charge in [-0.3, -0.25) is 49.2 Å². The monoisotopic (exact) mass is 1230 g/mol. The van der Waals surface area contributed by atoms with Gasteiger partial charge in [-0.25, -0.2) is 4.79 Å². The average Bonchev–Trinajstić information content (AvgIpc) is 1.83. The fourth-order valence-corrected chi connectivity index (χ4v) is 13.3. The van der Waals surface area contributed by atoms with Crippen LogP contribution in [0, 0.1) is 0 Å². The number of imide groups is 2. The minimum absolute atomic E-state index is 0. The van der Waals surface area contributed by atoms with Crippen LogP contribution in [0.1, 0.15) is 143 Å². The van der Waals surface area contributed by atoms with Crippen LogP contribution in [0.25, 0.3) is 0 Å². The third kappa shape index (κ3) is 15.8. The van der Waals surface area contributed by atoms with Gasteiger partial charge in [0.15, 0.2) is 0 Å². The maximum atomic E-state index is 13.1. The van der Waals surface area contributed by atoms with E-state index in [9.17, 15) is 33.6 Å². The van der Waals surface area contributed by atoms with Crippen LogP contribution in [0.15, 0.2) is 84.9 Å². The van der Waals surface area contributed by atoms with E-state index in [0.29, 0.717) is 75.2 Å². The normalized spacial score (nSPS) is 22.4. The summed E-state index contributed by atoms with van der Waals surface area (Å²) in [4.78, 5) is 101. The summed E-state index contributed by atoms with van der Waals surface area (Å²) in [7, 11) is 0. The van der Waals surface area contributed by atoms with E-state index in [1.165, 1.54) is 35.3 Å². The van der Waals surface area contributed by atoms with Crippen molar-refractivity contribution in [1.82, 2.24) is 40.4 Å². The van der Waals surface area contributed by atoms with E-state index in [4.69, 9.17) is 14.2 Å². The molecule has 7 amide bonds. The molecule has 0 aliphatic carbocycles. The Balaban J connectivity index is 0.000000223. The third-order valence-corrected chi connectivity index (χ3v) is 17.8. The molecular formula is C67H91ClN10O10. The third-order valence-electron chi connectivity index (χ3n) is 17.8. The van der Waals surface area contributed by atoms with Crippen molar-refractivity contribution in [2.45, 2.75) is 156 Å². The van der Waals surface area contributed by atoms with E-state index in [2.05, 4.69) is 84.1 Å². The molecule has 0 radical (unpaired) electrons. The minimum Gasteiger partial charge on any atom is -0.492 e. The molecule has 88 heavy (non-hydrogen) atoms. The van der Waals surface area contributed by atoms with Crippen LogP contribution in [0.3, 0.4) is 0 Å². The van der Waals surface area contributed by atoms with E-state index in [-0.39, 0.29) is 81.8 Å². The zero-order chi connectivity index (χ0) is 59.2. The second-order valence-corrected chi connectivity index (χ2v) is 24.7.